The Kier molecular flexibility index (Phi) is 9.22. The molecule has 142 valence electrons. The van der Waals surface area contributed by atoms with Crippen LogP contribution in [-0.2, 0) is 0 Å². The Morgan fingerprint density at radius 2 is 1.08 bits per heavy atom. The summed E-state index contributed by atoms with van der Waals surface area (Å²) < 4.78 is 22.7. The van der Waals surface area contributed by atoms with Crippen LogP contribution >= 0.6 is 0 Å². The molecule has 2 aromatic carbocycles. The fourth-order valence-corrected chi connectivity index (χ4v) is 2.43. The Morgan fingerprint density at radius 3 is 1.58 bits per heavy atom. The molecule has 0 heterocycles. The van der Waals surface area contributed by atoms with Crippen molar-refractivity contribution in [1.82, 2.24) is 5.32 Å². The van der Waals surface area contributed by atoms with E-state index < -0.39 is 0 Å². The molecule has 0 spiro atoms. The van der Waals surface area contributed by atoms with E-state index in [1.165, 1.54) is 0 Å². The number of ether oxygens (including phenoxy) is 4. The molecule has 1 N–H and O–H groups in total. The van der Waals surface area contributed by atoms with Crippen LogP contribution in [0.25, 0.3) is 0 Å². The van der Waals surface area contributed by atoms with Crippen LogP contribution in [0.2, 0.25) is 0 Å². The molecule has 0 atom stereocenters. The fourth-order valence-electron chi connectivity index (χ4n) is 2.43. The van der Waals surface area contributed by atoms with Crippen LogP contribution in [0.4, 0.5) is 0 Å². The van der Waals surface area contributed by atoms with E-state index in [4.69, 9.17) is 18.9 Å². The van der Waals surface area contributed by atoms with E-state index >= 15 is 0 Å². The van der Waals surface area contributed by atoms with Gasteiger partial charge in [0.1, 0.15) is 6.61 Å². The first-order valence-electron chi connectivity index (χ1n) is 9.25. The average molecular weight is 359 g/mol. The van der Waals surface area contributed by atoms with E-state index in [9.17, 15) is 0 Å². The minimum absolute atomic E-state index is 0.595. The molecule has 0 aromatic heterocycles. The van der Waals surface area contributed by atoms with Gasteiger partial charge in [-0.2, -0.15) is 0 Å². The predicted molar refractivity (Wildman–Crippen MR) is 104 cm³/mol. The molecule has 5 heteroatoms. The van der Waals surface area contributed by atoms with Crippen LogP contribution in [0.15, 0.2) is 48.5 Å². The van der Waals surface area contributed by atoms with E-state index in [2.05, 4.69) is 5.32 Å². The predicted octanol–water partition coefficient (Wildman–Crippen LogP) is 3.92. The molecule has 0 unspecified atom stereocenters. The van der Waals surface area contributed by atoms with Gasteiger partial charge in [0, 0.05) is 6.54 Å². The lowest BCUT2D eigenvalue weighted by Gasteiger charge is -2.13. The number of para-hydroxylation sites is 4. The highest BCUT2D eigenvalue weighted by Gasteiger charge is 2.04. The third-order valence-electron chi connectivity index (χ3n) is 3.59. The van der Waals surface area contributed by atoms with E-state index in [0.29, 0.717) is 26.4 Å². The van der Waals surface area contributed by atoms with E-state index in [-0.39, 0.29) is 0 Å². The lowest BCUT2D eigenvalue weighted by Crippen LogP contribution is -2.23. The summed E-state index contributed by atoms with van der Waals surface area (Å²) in [4.78, 5) is 0. The summed E-state index contributed by atoms with van der Waals surface area (Å²) in [7, 11) is 0. The second-order valence-electron chi connectivity index (χ2n) is 5.56. The molecule has 0 bridgehead atoms. The molecular weight excluding hydrogens is 330 g/mol. The Balaban J connectivity index is 1.58. The number of hydrogen-bond donors (Lipinski definition) is 1. The first-order chi connectivity index (χ1) is 12.8. The summed E-state index contributed by atoms with van der Waals surface area (Å²) >= 11 is 0. The Labute approximate surface area is 156 Å². The highest BCUT2D eigenvalue weighted by molar-refractivity contribution is 5.40. The average Bonchev–Trinajstić information content (AvgIpc) is 2.67. The number of benzene rings is 2. The normalized spacial score (nSPS) is 10.4. The zero-order chi connectivity index (χ0) is 18.5. The molecule has 2 aromatic rings. The monoisotopic (exact) mass is 359 g/mol. The van der Waals surface area contributed by atoms with E-state index in [1.54, 1.807) is 0 Å². The van der Waals surface area contributed by atoms with Crippen molar-refractivity contribution in [3.63, 3.8) is 0 Å². The Morgan fingerprint density at radius 1 is 0.615 bits per heavy atom. The Hall–Kier alpha value is -2.40. The van der Waals surface area contributed by atoms with Gasteiger partial charge in [-0.3, -0.25) is 0 Å². The standard InChI is InChI=1S/C21H29NO4/c1-3-23-18-10-5-7-12-20(18)25-16-9-14-22-15-17-26-21-13-8-6-11-19(21)24-4-2/h5-8,10-13,22H,3-4,9,14-17H2,1-2H3. The first kappa shape index (κ1) is 19.9. The van der Waals surface area contributed by atoms with Crippen molar-refractivity contribution < 1.29 is 18.9 Å². The van der Waals surface area contributed by atoms with Gasteiger partial charge in [-0.15, -0.1) is 0 Å². The SMILES string of the molecule is CCOc1ccccc1OCCCNCCOc1ccccc1OCC. The van der Waals surface area contributed by atoms with Gasteiger partial charge in [-0.25, -0.2) is 0 Å². The molecule has 0 radical (unpaired) electrons. The summed E-state index contributed by atoms with van der Waals surface area (Å²) in [6.07, 6.45) is 0.913. The van der Waals surface area contributed by atoms with Crippen LogP contribution in [0.5, 0.6) is 23.0 Å². The molecule has 26 heavy (non-hydrogen) atoms. The van der Waals surface area contributed by atoms with Crippen LogP contribution in [0.1, 0.15) is 20.3 Å². The molecule has 0 amide bonds. The summed E-state index contributed by atoms with van der Waals surface area (Å²) in [6.45, 7) is 8.08. The zero-order valence-corrected chi connectivity index (χ0v) is 15.7. The van der Waals surface area contributed by atoms with Crippen molar-refractivity contribution in [2.24, 2.45) is 0 Å². The second kappa shape index (κ2) is 12.0. The molecule has 0 saturated heterocycles. The number of rotatable bonds is 13. The van der Waals surface area contributed by atoms with Crippen molar-refractivity contribution in [2.45, 2.75) is 20.3 Å². The molecule has 2 rings (SSSR count). The maximum absolute atomic E-state index is 5.80. The van der Waals surface area contributed by atoms with Crippen molar-refractivity contribution in [3.05, 3.63) is 48.5 Å². The van der Waals surface area contributed by atoms with Crippen molar-refractivity contribution in [3.8, 4) is 23.0 Å². The van der Waals surface area contributed by atoms with Crippen molar-refractivity contribution in [2.75, 3.05) is 39.5 Å². The first-order valence-corrected chi connectivity index (χ1v) is 9.25. The molecule has 5 nitrogen and oxygen atoms in total. The van der Waals surface area contributed by atoms with Gasteiger partial charge < -0.3 is 24.3 Å². The van der Waals surface area contributed by atoms with Crippen LogP contribution in [0.3, 0.4) is 0 Å². The number of hydrogen-bond acceptors (Lipinski definition) is 5. The van der Waals surface area contributed by atoms with E-state index in [0.717, 1.165) is 42.5 Å². The van der Waals surface area contributed by atoms with Gasteiger partial charge in [0.25, 0.3) is 0 Å². The van der Waals surface area contributed by atoms with Gasteiger partial charge in [0.05, 0.1) is 19.8 Å². The Bertz CT molecular complexity index is 577. The molecule has 0 aliphatic rings. The molecule has 0 aliphatic heterocycles. The maximum Gasteiger partial charge on any atom is 0.161 e. The van der Waals surface area contributed by atoms with Gasteiger partial charge in [0.15, 0.2) is 23.0 Å². The minimum Gasteiger partial charge on any atom is -0.490 e. The van der Waals surface area contributed by atoms with Gasteiger partial charge in [-0.05, 0) is 51.1 Å². The summed E-state index contributed by atoms with van der Waals surface area (Å²) in [5.74, 6) is 3.16. The third kappa shape index (κ3) is 6.84. The lowest BCUT2D eigenvalue weighted by atomic mass is 10.3. The molecule has 0 saturated carbocycles. The quantitative estimate of drug-likeness (QED) is 0.549. The van der Waals surface area contributed by atoms with Crippen LogP contribution in [0, 0.1) is 0 Å². The third-order valence-corrected chi connectivity index (χ3v) is 3.59. The highest BCUT2D eigenvalue weighted by Crippen LogP contribution is 2.27. The van der Waals surface area contributed by atoms with Gasteiger partial charge >= 0.3 is 0 Å². The van der Waals surface area contributed by atoms with Gasteiger partial charge in [0.2, 0.25) is 0 Å². The minimum atomic E-state index is 0.595. The maximum atomic E-state index is 5.80. The highest BCUT2D eigenvalue weighted by atomic mass is 16.5. The van der Waals surface area contributed by atoms with Gasteiger partial charge in [-0.1, -0.05) is 24.3 Å². The smallest absolute Gasteiger partial charge is 0.161 e. The summed E-state index contributed by atoms with van der Waals surface area (Å²) in [5, 5.41) is 3.36. The van der Waals surface area contributed by atoms with Crippen LogP contribution < -0.4 is 24.3 Å². The zero-order valence-electron chi connectivity index (χ0n) is 15.7. The molecule has 0 fully saturated rings. The van der Waals surface area contributed by atoms with Crippen molar-refractivity contribution in [1.29, 1.82) is 0 Å². The molecular formula is C21H29NO4. The fraction of sp³-hybridized carbons (Fsp3) is 0.429. The van der Waals surface area contributed by atoms with Crippen molar-refractivity contribution >= 4 is 0 Å². The summed E-state index contributed by atoms with van der Waals surface area (Å²) in [5.41, 5.74) is 0. The second-order valence-corrected chi connectivity index (χ2v) is 5.56. The van der Waals surface area contributed by atoms with Crippen LogP contribution in [-0.4, -0.2) is 39.5 Å². The number of nitrogens with one attached hydrogen (secondary N) is 1. The lowest BCUT2D eigenvalue weighted by molar-refractivity contribution is 0.264. The molecule has 0 aliphatic carbocycles. The van der Waals surface area contributed by atoms with E-state index in [1.807, 2.05) is 62.4 Å². The summed E-state index contributed by atoms with van der Waals surface area (Å²) in [6, 6.07) is 15.5. The topological polar surface area (TPSA) is 49.0 Å². The largest absolute Gasteiger partial charge is 0.490 e.